The minimum absolute atomic E-state index is 0.298. The lowest BCUT2D eigenvalue weighted by Gasteiger charge is -2.26. The third-order valence-electron chi connectivity index (χ3n) is 4.97. The van der Waals surface area contributed by atoms with Crippen molar-refractivity contribution in [2.45, 2.75) is 33.4 Å². The highest BCUT2D eigenvalue weighted by Gasteiger charge is 2.20. The van der Waals surface area contributed by atoms with Crippen molar-refractivity contribution in [3.63, 3.8) is 0 Å². The fourth-order valence-electron chi connectivity index (χ4n) is 3.65. The SMILES string of the molecule is CC.COc1cccc2c1nc(N)n1nc(CN3CCc4cccnc4C3)nc21. The van der Waals surface area contributed by atoms with Crippen molar-refractivity contribution >= 4 is 22.5 Å². The minimum atomic E-state index is 0.298. The van der Waals surface area contributed by atoms with Gasteiger partial charge >= 0.3 is 0 Å². The molecule has 1 aliphatic rings. The molecule has 0 saturated heterocycles. The number of ether oxygens (including phenoxy) is 1. The molecule has 1 aromatic carbocycles. The lowest BCUT2D eigenvalue weighted by Crippen LogP contribution is -2.31. The highest BCUT2D eigenvalue weighted by molar-refractivity contribution is 5.95. The summed E-state index contributed by atoms with van der Waals surface area (Å²) in [5.41, 5.74) is 9.97. The average Bonchev–Trinajstić information content (AvgIpc) is 3.19. The zero-order valence-corrected chi connectivity index (χ0v) is 17.0. The number of methoxy groups -OCH3 is 1. The van der Waals surface area contributed by atoms with Gasteiger partial charge in [0.05, 0.1) is 19.3 Å². The van der Waals surface area contributed by atoms with Gasteiger partial charge in [-0.1, -0.05) is 26.0 Å². The molecule has 0 radical (unpaired) electrons. The van der Waals surface area contributed by atoms with Crippen molar-refractivity contribution in [2.24, 2.45) is 0 Å². The van der Waals surface area contributed by atoms with Crippen LogP contribution in [0.5, 0.6) is 5.75 Å². The van der Waals surface area contributed by atoms with E-state index in [0.717, 1.165) is 36.4 Å². The zero-order valence-electron chi connectivity index (χ0n) is 17.0. The van der Waals surface area contributed by atoms with Crippen LogP contribution in [0.15, 0.2) is 36.5 Å². The van der Waals surface area contributed by atoms with Crippen molar-refractivity contribution in [1.82, 2.24) is 29.5 Å². The molecular formula is C21H25N7O. The Bertz CT molecular complexity index is 1150. The molecule has 4 heterocycles. The number of hydrogen-bond donors (Lipinski definition) is 1. The maximum absolute atomic E-state index is 6.13. The first-order chi connectivity index (χ1) is 14.2. The molecule has 29 heavy (non-hydrogen) atoms. The molecule has 8 heteroatoms. The van der Waals surface area contributed by atoms with Gasteiger partial charge in [0.15, 0.2) is 11.5 Å². The quantitative estimate of drug-likeness (QED) is 0.574. The Morgan fingerprint density at radius 2 is 2.00 bits per heavy atom. The number of nitrogens with two attached hydrogens (primary N) is 1. The largest absolute Gasteiger partial charge is 0.494 e. The fraction of sp³-hybridized carbons (Fsp3) is 0.333. The van der Waals surface area contributed by atoms with Gasteiger partial charge in [-0.25, -0.2) is 9.97 Å². The summed E-state index contributed by atoms with van der Waals surface area (Å²) in [5.74, 6) is 1.69. The first-order valence-corrected chi connectivity index (χ1v) is 9.86. The van der Waals surface area contributed by atoms with Gasteiger partial charge in [0.1, 0.15) is 11.3 Å². The number of pyridine rings is 1. The lowest BCUT2D eigenvalue weighted by molar-refractivity contribution is 0.236. The molecule has 0 unspecified atom stereocenters. The van der Waals surface area contributed by atoms with Gasteiger partial charge < -0.3 is 10.5 Å². The van der Waals surface area contributed by atoms with Crippen LogP contribution in [-0.2, 0) is 19.5 Å². The van der Waals surface area contributed by atoms with E-state index in [-0.39, 0.29) is 0 Å². The maximum atomic E-state index is 6.13. The number of benzene rings is 1. The number of nitrogen functional groups attached to an aromatic ring is 1. The third kappa shape index (κ3) is 3.47. The van der Waals surface area contributed by atoms with Crippen LogP contribution in [0, 0.1) is 0 Å². The smallest absolute Gasteiger partial charge is 0.223 e. The number of nitrogens with zero attached hydrogens (tertiary/aromatic N) is 6. The van der Waals surface area contributed by atoms with E-state index in [1.54, 1.807) is 11.6 Å². The number of rotatable bonds is 3. The molecule has 3 aromatic heterocycles. The van der Waals surface area contributed by atoms with Crippen molar-refractivity contribution in [2.75, 3.05) is 19.4 Å². The summed E-state index contributed by atoms with van der Waals surface area (Å²) in [7, 11) is 1.62. The third-order valence-corrected chi connectivity index (χ3v) is 4.97. The Labute approximate surface area is 169 Å². The first-order valence-electron chi connectivity index (χ1n) is 9.86. The molecule has 0 spiro atoms. The molecule has 0 atom stereocenters. The number of fused-ring (bicyclic) bond motifs is 4. The molecule has 4 aromatic rings. The van der Waals surface area contributed by atoms with E-state index in [0.29, 0.717) is 29.4 Å². The summed E-state index contributed by atoms with van der Waals surface area (Å²) >= 11 is 0. The molecular weight excluding hydrogens is 366 g/mol. The maximum Gasteiger partial charge on any atom is 0.223 e. The van der Waals surface area contributed by atoms with E-state index in [2.05, 4.69) is 26.0 Å². The van der Waals surface area contributed by atoms with Gasteiger partial charge in [0.25, 0.3) is 0 Å². The highest BCUT2D eigenvalue weighted by Crippen LogP contribution is 2.27. The van der Waals surface area contributed by atoms with Gasteiger partial charge in [-0.15, -0.1) is 5.10 Å². The molecule has 8 nitrogen and oxygen atoms in total. The number of hydrogen-bond acceptors (Lipinski definition) is 7. The van der Waals surface area contributed by atoms with Crippen LogP contribution in [0.3, 0.4) is 0 Å². The molecule has 150 valence electrons. The average molecular weight is 391 g/mol. The normalized spacial score (nSPS) is 13.8. The summed E-state index contributed by atoms with van der Waals surface area (Å²) in [6.45, 7) is 6.40. The van der Waals surface area contributed by atoms with Crippen LogP contribution in [0.25, 0.3) is 16.6 Å². The second-order valence-corrected chi connectivity index (χ2v) is 6.66. The lowest BCUT2D eigenvalue weighted by atomic mass is 10.1. The van der Waals surface area contributed by atoms with E-state index in [9.17, 15) is 0 Å². The van der Waals surface area contributed by atoms with Gasteiger partial charge in [-0.2, -0.15) is 4.52 Å². The standard InChI is InChI=1S/C19H19N7O.C2H6/c1-27-15-6-2-5-13-17(15)23-19(20)26-18(13)22-16(24-26)11-25-9-7-12-4-3-8-21-14(12)10-25;1-2/h2-6,8H,7,9-11H2,1H3,(H2,20,23);1-2H3. The minimum Gasteiger partial charge on any atom is -0.494 e. The Morgan fingerprint density at radius 1 is 1.14 bits per heavy atom. The monoisotopic (exact) mass is 391 g/mol. The van der Waals surface area contributed by atoms with Crippen molar-refractivity contribution in [3.8, 4) is 5.75 Å². The Hall–Kier alpha value is -3.26. The van der Waals surface area contributed by atoms with E-state index in [1.165, 1.54) is 5.56 Å². The van der Waals surface area contributed by atoms with Crippen LogP contribution in [0.4, 0.5) is 5.95 Å². The van der Waals surface area contributed by atoms with Crippen LogP contribution in [0.2, 0.25) is 0 Å². The molecule has 1 aliphatic heterocycles. The molecule has 0 amide bonds. The van der Waals surface area contributed by atoms with E-state index >= 15 is 0 Å². The van der Waals surface area contributed by atoms with Gasteiger partial charge in [0, 0.05) is 24.7 Å². The van der Waals surface area contributed by atoms with Gasteiger partial charge in [-0.3, -0.25) is 9.88 Å². The number of aromatic nitrogens is 5. The van der Waals surface area contributed by atoms with Crippen molar-refractivity contribution in [3.05, 3.63) is 53.6 Å². The second-order valence-electron chi connectivity index (χ2n) is 6.66. The summed E-state index contributed by atoms with van der Waals surface area (Å²) in [4.78, 5) is 16.0. The second kappa shape index (κ2) is 8.00. The topological polar surface area (TPSA) is 94.5 Å². The fourth-order valence-corrected chi connectivity index (χ4v) is 3.65. The summed E-state index contributed by atoms with van der Waals surface area (Å²) in [5, 5.41) is 5.45. The van der Waals surface area contributed by atoms with Crippen LogP contribution < -0.4 is 10.5 Å². The summed E-state index contributed by atoms with van der Waals surface area (Å²) in [6.07, 6.45) is 2.83. The van der Waals surface area contributed by atoms with Crippen molar-refractivity contribution < 1.29 is 4.74 Å². The number of anilines is 1. The highest BCUT2D eigenvalue weighted by atomic mass is 16.5. The van der Waals surface area contributed by atoms with Gasteiger partial charge in [0.2, 0.25) is 5.95 Å². The molecule has 5 rings (SSSR count). The molecule has 0 bridgehead atoms. The zero-order chi connectivity index (χ0) is 20.4. The van der Waals surface area contributed by atoms with E-state index in [4.69, 9.17) is 15.5 Å². The van der Waals surface area contributed by atoms with E-state index in [1.807, 2.05) is 44.3 Å². The Balaban J connectivity index is 0.000000994. The molecule has 0 aliphatic carbocycles. The molecule has 0 saturated carbocycles. The van der Waals surface area contributed by atoms with Crippen LogP contribution in [-0.4, -0.2) is 43.1 Å². The first kappa shape index (κ1) is 19.1. The Morgan fingerprint density at radius 3 is 2.83 bits per heavy atom. The number of para-hydroxylation sites is 1. The summed E-state index contributed by atoms with van der Waals surface area (Å²) < 4.78 is 7.01. The van der Waals surface area contributed by atoms with Crippen molar-refractivity contribution in [1.29, 1.82) is 0 Å². The molecule has 2 N–H and O–H groups in total. The van der Waals surface area contributed by atoms with Crippen LogP contribution in [0.1, 0.15) is 30.9 Å². The predicted octanol–water partition coefficient (Wildman–Crippen LogP) is 2.85. The Kier molecular flexibility index (Phi) is 5.26. The van der Waals surface area contributed by atoms with Gasteiger partial charge in [-0.05, 0) is 30.2 Å². The predicted molar refractivity (Wildman–Crippen MR) is 113 cm³/mol. The van der Waals surface area contributed by atoms with E-state index < -0.39 is 0 Å². The summed E-state index contributed by atoms with van der Waals surface area (Å²) in [6, 6.07) is 9.88. The van der Waals surface area contributed by atoms with Crippen LogP contribution >= 0.6 is 0 Å². The molecule has 0 fully saturated rings.